The molecule has 1 amide bonds. The second kappa shape index (κ2) is 10.7. The van der Waals surface area contributed by atoms with E-state index in [1.165, 1.54) is 6.07 Å². The van der Waals surface area contributed by atoms with E-state index >= 15 is 0 Å². The van der Waals surface area contributed by atoms with E-state index in [0.717, 1.165) is 11.1 Å². The first kappa shape index (κ1) is 25.8. The molecule has 0 bridgehead atoms. The summed E-state index contributed by atoms with van der Waals surface area (Å²) in [5, 5.41) is 13.0. The van der Waals surface area contributed by atoms with E-state index < -0.39 is 22.7 Å². The monoisotopic (exact) mass is 511 g/mol. The molecule has 1 saturated heterocycles. The summed E-state index contributed by atoms with van der Waals surface area (Å²) in [6, 6.07) is 21.1. The van der Waals surface area contributed by atoms with Crippen LogP contribution in [0.5, 0.6) is 5.75 Å². The van der Waals surface area contributed by atoms with Crippen LogP contribution in [0, 0.1) is 0 Å². The van der Waals surface area contributed by atoms with E-state index in [1.54, 1.807) is 22.9 Å². The fourth-order valence-corrected chi connectivity index (χ4v) is 5.34. The number of methoxy groups -OCH3 is 1. The fraction of sp³-hybridized carbons (Fsp3) is 0.333. The van der Waals surface area contributed by atoms with Gasteiger partial charge in [-0.05, 0) is 11.1 Å². The molecule has 3 aromatic rings. The standard InChI is InChI=1S/C27H29N3O5.ClH/c1-34-19-16-28-26(33)24-25(32)22(31)12-15-29(24)30(27(28)13-17-35-18-14-27)23(20-8-4-2-5-9-20)21-10-6-3-7-11-21;/h2-12,15,23,32H,13-14,16-19H2,1H3;1H. The van der Waals surface area contributed by atoms with Gasteiger partial charge in [-0.15, -0.1) is 12.4 Å². The average Bonchev–Trinajstić information content (AvgIpc) is 2.90. The van der Waals surface area contributed by atoms with Gasteiger partial charge in [0, 0.05) is 38.8 Å². The number of ether oxygens (including phenoxy) is 2. The van der Waals surface area contributed by atoms with Crippen LogP contribution in [0.15, 0.2) is 77.7 Å². The summed E-state index contributed by atoms with van der Waals surface area (Å²) in [4.78, 5) is 28.1. The molecule has 2 aromatic carbocycles. The number of carbonyl (C=O) groups is 1. The van der Waals surface area contributed by atoms with Crippen molar-refractivity contribution in [3.63, 3.8) is 0 Å². The van der Waals surface area contributed by atoms with Crippen LogP contribution in [0.4, 0.5) is 0 Å². The van der Waals surface area contributed by atoms with Crippen molar-refractivity contribution in [3.8, 4) is 5.75 Å². The van der Waals surface area contributed by atoms with Gasteiger partial charge in [0.1, 0.15) is 5.66 Å². The summed E-state index contributed by atoms with van der Waals surface area (Å²) < 4.78 is 12.8. The minimum atomic E-state index is -0.765. The number of nitrogens with zero attached hydrogens (tertiary/aromatic N) is 3. The molecule has 3 heterocycles. The van der Waals surface area contributed by atoms with Crippen molar-refractivity contribution in [1.29, 1.82) is 0 Å². The molecule has 1 N–H and O–H groups in total. The Balaban J connectivity index is 0.00000304. The van der Waals surface area contributed by atoms with Crippen molar-refractivity contribution >= 4 is 18.3 Å². The van der Waals surface area contributed by atoms with Crippen LogP contribution in [-0.2, 0) is 9.47 Å². The highest BCUT2D eigenvalue weighted by atomic mass is 35.5. The molecule has 0 aliphatic carbocycles. The van der Waals surface area contributed by atoms with Crippen molar-refractivity contribution in [1.82, 2.24) is 9.58 Å². The van der Waals surface area contributed by atoms with Gasteiger partial charge in [0.25, 0.3) is 5.91 Å². The average molecular weight is 512 g/mol. The zero-order valence-corrected chi connectivity index (χ0v) is 20.9. The van der Waals surface area contributed by atoms with Crippen LogP contribution in [0.2, 0.25) is 0 Å². The number of aromatic nitrogens is 1. The Morgan fingerprint density at radius 1 is 0.972 bits per heavy atom. The fourth-order valence-electron chi connectivity index (χ4n) is 5.34. The van der Waals surface area contributed by atoms with Gasteiger partial charge in [-0.25, -0.2) is 0 Å². The third-order valence-electron chi connectivity index (χ3n) is 6.95. The van der Waals surface area contributed by atoms with Gasteiger partial charge in [-0.1, -0.05) is 60.7 Å². The van der Waals surface area contributed by atoms with Crippen LogP contribution >= 0.6 is 12.4 Å². The molecule has 1 aromatic heterocycles. The van der Waals surface area contributed by atoms with Gasteiger partial charge in [-0.2, -0.15) is 0 Å². The van der Waals surface area contributed by atoms with E-state index in [0.29, 0.717) is 39.2 Å². The molecular weight excluding hydrogens is 482 g/mol. The number of hydrogen-bond acceptors (Lipinski definition) is 6. The van der Waals surface area contributed by atoms with E-state index in [4.69, 9.17) is 9.47 Å². The highest BCUT2D eigenvalue weighted by Gasteiger charge is 2.54. The Kier molecular flexibility index (Phi) is 7.68. The zero-order chi connectivity index (χ0) is 24.4. The topological polar surface area (TPSA) is 84.2 Å². The summed E-state index contributed by atoms with van der Waals surface area (Å²) in [5.41, 5.74) is 0.654. The number of hydrogen-bond donors (Lipinski definition) is 1. The Labute approximate surface area is 216 Å². The second-order valence-electron chi connectivity index (χ2n) is 8.83. The van der Waals surface area contributed by atoms with Gasteiger partial charge in [0.05, 0.1) is 25.9 Å². The Bertz CT molecular complexity index is 1210. The first-order valence-corrected chi connectivity index (χ1v) is 11.8. The number of halogens is 1. The molecular formula is C27H30ClN3O5. The van der Waals surface area contributed by atoms with Crippen LogP contribution in [0.1, 0.15) is 40.5 Å². The van der Waals surface area contributed by atoms with Crippen molar-refractivity contribution in [2.45, 2.75) is 24.5 Å². The number of carbonyl (C=O) groups excluding carboxylic acids is 1. The van der Waals surface area contributed by atoms with E-state index in [2.05, 4.69) is 29.3 Å². The van der Waals surface area contributed by atoms with Crippen molar-refractivity contribution < 1.29 is 19.4 Å². The van der Waals surface area contributed by atoms with E-state index in [9.17, 15) is 14.7 Å². The summed E-state index contributed by atoms with van der Waals surface area (Å²) in [7, 11) is 1.59. The number of benzene rings is 2. The molecule has 0 atom stereocenters. The van der Waals surface area contributed by atoms with Gasteiger partial charge in [0.2, 0.25) is 5.43 Å². The molecule has 1 fully saturated rings. The van der Waals surface area contributed by atoms with Crippen LogP contribution in [0.3, 0.4) is 0 Å². The number of fused-ring (bicyclic) bond motifs is 1. The van der Waals surface area contributed by atoms with Crippen LogP contribution in [0.25, 0.3) is 0 Å². The Morgan fingerprint density at radius 3 is 2.11 bits per heavy atom. The number of amides is 1. The maximum atomic E-state index is 13.9. The van der Waals surface area contributed by atoms with Gasteiger partial charge >= 0.3 is 0 Å². The molecule has 0 unspecified atom stereocenters. The maximum Gasteiger partial charge on any atom is 0.278 e. The predicted octanol–water partition coefficient (Wildman–Crippen LogP) is 3.31. The molecule has 0 radical (unpaired) electrons. The first-order valence-electron chi connectivity index (χ1n) is 11.8. The lowest BCUT2D eigenvalue weighted by Gasteiger charge is -2.59. The summed E-state index contributed by atoms with van der Waals surface area (Å²) >= 11 is 0. The summed E-state index contributed by atoms with van der Waals surface area (Å²) in [5.74, 6) is -0.943. The van der Waals surface area contributed by atoms with E-state index in [1.807, 2.05) is 36.4 Å². The lowest BCUT2D eigenvalue weighted by atomic mass is 9.89. The minimum absolute atomic E-state index is 0. The highest BCUT2D eigenvalue weighted by molar-refractivity contribution is 5.97. The summed E-state index contributed by atoms with van der Waals surface area (Å²) in [6.07, 6.45) is 2.72. The third-order valence-corrected chi connectivity index (χ3v) is 6.95. The third kappa shape index (κ3) is 4.25. The minimum Gasteiger partial charge on any atom is -0.502 e. The van der Waals surface area contributed by atoms with E-state index in [-0.39, 0.29) is 24.1 Å². The molecule has 2 aliphatic heterocycles. The molecule has 1 spiro atoms. The molecule has 190 valence electrons. The van der Waals surface area contributed by atoms with Gasteiger partial charge < -0.3 is 19.5 Å². The van der Waals surface area contributed by atoms with Crippen molar-refractivity contribution in [2.24, 2.45) is 0 Å². The van der Waals surface area contributed by atoms with Crippen LogP contribution < -0.4 is 10.4 Å². The molecule has 0 saturated carbocycles. The Hall–Kier alpha value is -3.33. The normalized spacial score (nSPS) is 16.7. The van der Waals surface area contributed by atoms with Crippen molar-refractivity contribution in [2.75, 3.05) is 38.5 Å². The largest absolute Gasteiger partial charge is 0.502 e. The van der Waals surface area contributed by atoms with Gasteiger partial charge in [0.15, 0.2) is 11.4 Å². The summed E-state index contributed by atoms with van der Waals surface area (Å²) in [6.45, 7) is 1.59. The SMILES string of the molecule is COCCN1C(=O)c2c(O)c(=O)ccn2N(C(c2ccccc2)c2ccccc2)C12CCOCC2.Cl. The molecule has 2 aliphatic rings. The zero-order valence-electron chi connectivity index (χ0n) is 20.1. The maximum absolute atomic E-state index is 13.9. The predicted molar refractivity (Wildman–Crippen MR) is 138 cm³/mol. The number of rotatable bonds is 6. The molecule has 36 heavy (non-hydrogen) atoms. The quantitative estimate of drug-likeness (QED) is 0.546. The van der Waals surface area contributed by atoms with Gasteiger partial charge in [-0.3, -0.25) is 19.3 Å². The van der Waals surface area contributed by atoms with Crippen LogP contribution in [-0.4, -0.2) is 59.7 Å². The first-order chi connectivity index (χ1) is 17.1. The highest BCUT2D eigenvalue weighted by Crippen LogP contribution is 2.43. The molecule has 8 nitrogen and oxygen atoms in total. The molecule has 5 rings (SSSR count). The van der Waals surface area contributed by atoms with Crippen molar-refractivity contribution in [3.05, 3.63) is 100.0 Å². The molecule has 9 heteroatoms. The lowest BCUT2D eigenvalue weighted by Crippen LogP contribution is -2.73. The Morgan fingerprint density at radius 2 is 1.56 bits per heavy atom. The second-order valence-corrected chi connectivity index (χ2v) is 8.83. The smallest absolute Gasteiger partial charge is 0.278 e. The number of pyridine rings is 1. The number of aromatic hydroxyl groups is 1. The lowest BCUT2D eigenvalue weighted by molar-refractivity contribution is -0.0494.